The normalized spacial score (nSPS) is 16.8. The Kier molecular flexibility index (Phi) is 5.73. The van der Waals surface area contributed by atoms with Crippen molar-refractivity contribution in [2.75, 3.05) is 13.6 Å². The van der Waals surface area contributed by atoms with Gasteiger partial charge < -0.3 is 15.4 Å². The van der Waals surface area contributed by atoms with Gasteiger partial charge in [-0.2, -0.15) is 0 Å². The summed E-state index contributed by atoms with van der Waals surface area (Å²) in [5, 5.41) is 9.76. The Labute approximate surface area is 104 Å². The van der Waals surface area contributed by atoms with Gasteiger partial charge in [0.2, 0.25) is 0 Å². The Morgan fingerprint density at radius 1 is 1.47 bits per heavy atom. The van der Waals surface area contributed by atoms with Crippen LogP contribution in [0.25, 0.3) is 0 Å². The fourth-order valence-corrected chi connectivity index (χ4v) is 1.76. The molecule has 0 aliphatic carbocycles. The summed E-state index contributed by atoms with van der Waals surface area (Å²) in [6.07, 6.45) is -0.362. The van der Waals surface area contributed by atoms with E-state index in [1.54, 1.807) is 0 Å². The van der Waals surface area contributed by atoms with Gasteiger partial charge in [-0.15, -0.1) is 0 Å². The zero-order chi connectivity index (χ0) is 12.8. The number of rotatable bonds is 6. The lowest BCUT2D eigenvalue weighted by atomic mass is 10.0. The maximum absolute atomic E-state index is 10.6. The first-order valence-corrected chi connectivity index (χ1v) is 6.32. The van der Waals surface area contributed by atoms with Gasteiger partial charge in [0.25, 0.3) is 0 Å². The van der Waals surface area contributed by atoms with E-state index >= 15 is 0 Å². The Bertz CT molecular complexity index is 361. The average molecular weight is 257 g/mol. The van der Waals surface area contributed by atoms with Gasteiger partial charge >= 0.3 is 0 Å². The first kappa shape index (κ1) is 14.3. The van der Waals surface area contributed by atoms with Crippen LogP contribution < -0.4 is 5.73 Å². The highest BCUT2D eigenvalue weighted by Crippen LogP contribution is 2.05. The smallest absolute Gasteiger partial charge is 0.0830 e. The van der Waals surface area contributed by atoms with E-state index in [0.717, 1.165) is 9.87 Å². The molecule has 1 unspecified atom stereocenters. The van der Waals surface area contributed by atoms with E-state index in [1.165, 1.54) is 7.05 Å². The molecule has 0 heterocycles. The molecule has 5 nitrogen and oxygen atoms in total. The molecule has 0 aliphatic heterocycles. The molecule has 0 amide bonds. The van der Waals surface area contributed by atoms with Gasteiger partial charge in [0.15, 0.2) is 0 Å². The van der Waals surface area contributed by atoms with Crippen molar-refractivity contribution in [2.24, 2.45) is 5.73 Å². The maximum Gasteiger partial charge on any atom is 0.0830 e. The highest BCUT2D eigenvalue weighted by atomic mass is 32.2. The maximum atomic E-state index is 10.6. The van der Waals surface area contributed by atoms with Crippen LogP contribution in [0.3, 0.4) is 0 Å². The minimum absolute atomic E-state index is 0.00408. The van der Waals surface area contributed by atoms with Gasteiger partial charge in [-0.3, -0.25) is 4.21 Å². The van der Waals surface area contributed by atoms with E-state index in [2.05, 4.69) is 0 Å². The quantitative estimate of drug-likeness (QED) is 0.681. The van der Waals surface area contributed by atoms with Crippen molar-refractivity contribution >= 4 is 11.3 Å². The minimum atomic E-state index is -2.33. The standard InChI is InChI=1S/C11H18N2O3S/c1-13(17(15)16)8-11(14)10(12)7-9-5-3-2-4-6-9/h2-6,10-11,14H,7-8,12H2,1H3,(H,15,16)/p-1/t10-,11+/m0/s1. The number of likely N-dealkylation sites (N-methyl/N-ethyl adjacent to an activating group) is 1. The molecule has 17 heavy (non-hydrogen) atoms. The summed E-state index contributed by atoms with van der Waals surface area (Å²) >= 11 is -2.33. The molecule has 0 fully saturated rings. The predicted octanol–water partition coefficient (Wildman–Crippen LogP) is -0.357. The second-order valence-electron chi connectivity index (χ2n) is 3.95. The molecule has 96 valence electrons. The lowest BCUT2D eigenvalue weighted by Crippen LogP contribution is -2.44. The number of benzene rings is 1. The molecule has 0 bridgehead atoms. The fourth-order valence-electron chi connectivity index (χ4n) is 1.48. The number of hydrogen-bond acceptors (Lipinski definition) is 4. The van der Waals surface area contributed by atoms with Crippen LogP contribution in [0.4, 0.5) is 0 Å². The second-order valence-corrected chi connectivity index (χ2v) is 5.01. The molecule has 0 aliphatic rings. The SMILES string of the molecule is CN(C[C@@H](O)[C@@H](N)Cc1ccccc1)S(=O)[O-]. The Morgan fingerprint density at radius 2 is 2.06 bits per heavy atom. The summed E-state index contributed by atoms with van der Waals surface area (Å²) in [6.45, 7) is 0.00408. The molecular weight excluding hydrogens is 240 g/mol. The third kappa shape index (κ3) is 4.93. The van der Waals surface area contributed by atoms with Gasteiger partial charge in [-0.25, -0.2) is 4.31 Å². The van der Waals surface area contributed by atoms with Crippen molar-refractivity contribution in [2.45, 2.75) is 18.6 Å². The highest BCUT2D eigenvalue weighted by Gasteiger charge is 2.17. The van der Waals surface area contributed by atoms with Crippen LogP contribution in [0.2, 0.25) is 0 Å². The molecule has 3 N–H and O–H groups in total. The van der Waals surface area contributed by atoms with E-state index in [1.807, 2.05) is 30.3 Å². The molecule has 0 spiro atoms. The summed E-state index contributed by atoms with van der Waals surface area (Å²) in [4.78, 5) is 0. The molecule has 3 atom stereocenters. The van der Waals surface area contributed by atoms with Crippen molar-refractivity contribution < 1.29 is 13.9 Å². The van der Waals surface area contributed by atoms with E-state index < -0.39 is 23.4 Å². The average Bonchev–Trinajstić information content (AvgIpc) is 2.29. The monoisotopic (exact) mass is 257 g/mol. The number of aliphatic hydroxyl groups is 1. The Hall–Kier alpha value is -0.790. The first-order chi connectivity index (χ1) is 8.00. The summed E-state index contributed by atoms with van der Waals surface area (Å²) in [5.74, 6) is 0. The summed E-state index contributed by atoms with van der Waals surface area (Å²) < 4.78 is 22.2. The van der Waals surface area contributed by atoms with E-state index in [0.29, 0.717) is 6.42 Å². The van der Waals surface area contributed by atoms with Gasteiger partial charge in [-0.1, -0.05) is 30.3 Å². The molecule has 1 rings (SSSR count). The van der Waals surface area contributed by atoms with Gasteiger partial charge in [0.05, 0.1) is 6.10 Å². The van der Waals surface area contributed by atoms with Crippen LogP contribution in [0, 0.1) is 0 Å². The van der Waals surface area contributed by atoms with Crippen molar-refractivity contribution in [1.82, 2.24) is 4.31 Å². The van der Waals surface area contributed by atoms with Gasteiger partial charge in [0.1, 0.15) is 0 Å². The molecule has 0 aromatic heterocycles. The van der Waals surface area contributed by atoms with Crippen LogP contribution in [-0.4, -0.2) is 43.9 Å². The number of nitrogens with zero attached hydrogens (tertiary/aromatic N) is 1. The molecule has 0 radical (unpaired) electrons. The molecular formula is C11H17N2O3S-. The molecule has 0 saturated carbocycles. The van der Waals surface area contributed by atoms with Crippen molar-refractivity contribution in [3.05, 3.63) is 35.9 Å². The highest BCUT2D eigenvalue weighted by molar-refractivity contribution is 7.76. The van der Waals surface area contributed by atoms with Crippen LogP contribution in [-0.2, 0) is 17.7 Å². The largest absolute Gasteiger partial charge is 0.760 e. The van der Waals surface area contributed by atoms with Crippen LogP contribution in [0.1, 0.15) is 5.56 Å². The van der Waals surface area contributed by atoms with Crippen molar-refractivity contribution in [1.29, 1.82) is 0 Å². The predicted molar refractivity (Wildman–Crippen MR) is 65.7 cm³/mol. The van der Waals surface area contributed by atoms with E-state index in [9.17, 15) is 13.9 Å². The minimum Gasteiger partial charge on any atom is -0.760 e. The molecule has 0 saturated heterocycles. The van der Waals surface area contributed by atoms with Crippen LogP contribution in [0.15, 0.2) is 30.3 Å². The lowest BCUT2D eigenvalue weighted by Gasteiger charge is -2.25. The summed E-state index contributed by atoms with van der Waals surface area (Å²) in [5.41, 5.74) is 6.84. The summed E-state index contributed by atoms with van der Waals surface area (Å²) in [7, 11) is 1.39. The molecule has 1 aromatic rings. The topological polar surface area (TPSA) is 89.6 Å². The van der Waals surface area contributed by atoms with Crippen LogP contribution >= 0.6 is 0 Å². The van der Waals surface area contributed by atoms with Gasteiger partial charge in [0, 0.05) is 23.9 Å². The third-order valence-corrected chi connectivity index (χ3v) is 3.17. The van der Waals surface area contributed by atoms with Crippen LogP contribution in [0.5, 0.6) is 0 Å². The Morgan fingerprint density at radius 3 is 2.59 bits per heavy atom. The first-order valence-electron chi connectivity index (χ1n) is 5.28. The lowest BCUT2D eigenvalue weighted by molar-refractivity contribution is 0.124. The zero-order valence-corrected chi connectivity index (χ0v) is 10.5. The van der Waals surface area contributed by atoms with E-state index in [-0.39, 0.29) is 6.54 Å². The number of hydrogen-bond donors (Lipinski definition) is 2. The molecule has 6 heteroatoms. The summed E-state index contributed by atoms with van der Waals surface area (Å²) in [6, 6.07) is 9.05. The second kappa shape index (κ2) is 6.83. The van der Waals surface area contributed by atoms with Crippen molar-refractivity contribution in [3.63, 3.8) is 0 Å². The molecule has 1 aromatic carbocycles. The fraction of sp³-hybridized carbons (Fsp3) is 0.455. The zero-order valence-electron chi connectivity index (χ0n) is 9.65. The third-order valence-electron chi connectivity index (χ3n) is 2.51. The number of aliphatic hydroxyl groups excluding tert-OH is 1. The number of nitrogens with two attached hydrogens (primary N) is 1. The van der Waals surface area contributed by atoms with Gasteiger partial charge in [-0.05, 0) is 19.0 Å². The van der Waals surface area contributed by atoms with E-state index in [4.69, 9.17) is 5.73 Å². The van der Waals surface area contributed by atoms with Crippen molar-refractivity contribution in [3.8, 4) is 0 Å². The Balaban J connectivity index is 2.47.